The lowest BCUT2D eigenvalue weighted by Crippen LogP contribution is -2.50. The van der Waals surface area contributed by atoms with Crippen molar-refractivity contribution in [1.82, 2.24) is 4.90 Å². The minimum Gasteiger partial charge on any atom is -0.466 e. The minimum atomic E-state index is -0.193. The molecule has 3 unspecified atom stereocenters. The molecule has 144 valence electrons. The highest BCUT2D eigenvalue weighted by molar-refractivity contribution is 5.92. The maximum atomic E-state index is 12.6. The first-order valence-corrected chi connectivity index (χ1v) is 10.1. The average Bonchev–Trinajstić information content (AvgIpc) is 3.27. The van der Waals surface area contributed by atoms with Crippen LogP contribution in [-0.2, 0) is 21.5 Å². The average molecular weight is 374 g/mol. The summed E-state index contributed by atoms with van der Waals surface area (Å²) in [5.41, 5.74) is 5.57. The normalized spacial score (nSPS) is 28.4. The van der Waals surface area contributed by atoms with Gasteiger partial charge in [-0.2, -0.15) is 0 Å². The number of rotatable bonds is 3. The Morgan fingerprint density at radius 1 is 1.18 bits per heavy atom. The molecule has 2 aliphatic heterocycles. The highest BCUT2D eigenvalue weighted by atomic mass is 16.5. The van der Waals surface area contributed by atoms with Crippen molar-refractivity contribution in [2.24, 2.45) is 5.92 Å². The first-order valence-electron chi connectivity index (χ1n) is 10.1. The molecular weight excluding hydrogens is 348 g/mol. The lowest BCUT2D eigenvalue weighted by molar-refractivity contribution is -0.136. The first kappa shape index (κ1) is 17.5. The van der Waals surface area contributed by atoms with Gasteiger partial charge in [-0.25, -0.2) is 4.79 Å². The van der Waals surface area contributed by atoms with Crippen LogP contribution in [-0.4, -0.2) is 30.6 Å². The quantitative estimate of drug-likeness (QED) is 0.822. The number of ether oxygens (including phenoxy) is 1. The van der Waals surface area contributed by atoms with E-state index in [1.165, 1.54) is 18.2 Å². The van der Waals surface area contributed by atoms with Crippen molar-refractivity contribution in [3.8, 4) is 0 Å². The monoisotopic (exact) mass is 374 g/mol. The van der Waals surface area contributed by atoms with Crippen LogP contribution in [0.2, 0.25) is 0 Å². The fourth-order valence-corrected chi connectivity index (χ4v) is 5.88. The topological polar surface area (TPSA) is 41.6 Å². The van der Waals surface area contributed by atoms with Gasteiger partial charge in [0.15, 0.2) is 0 Å². The molecule has 0 bridgehead atoms. The van der Waals surface area contributed by atoms with Crippen molar-refractivity contribution in [1.29, 1.82) is 0 Å². The molecule has 0 radical (unpaired) electrons. The van der Waals surface area contributed by atoms with Gasteiger partial charge in [0.2, 0.25) is 0 Å². The summed E-state index contributed by atoms with van der Waals surface area (Å²) in [7, 11) is 1.48. The van der Waals surface area contributed by atoms with Crippen LogP contribution in [0.15, 0.2) is 65.9 Å². The van der Waals surface area contributed by atoms with Gasteiger partial charge in [-0.05, 0) is 36.0 Å². The summed E-state index contributed by atoms with van der Waals surface area (Å²) in [4.78, 5) is 15.3. The van der Waals surface area contributed by atoms with Gasteiger partial charge in [-0.15, -0.1) is 0 Å². The van der Waals surface area contributed by atoms with E-state index < -0.39 is 0 Å². The molecule has 1 fully saturated rings. The molecule has 1 N–H and O–H groups in total. The van der Waals surface area contributed by atoms with Crippen LogP contribution in [0.25, 0.3) is 0 Å². The zero-order valence-electron chi connectivity index (χ0n) is 16.4. The molecule has 4 nitrogen and oxygen atoms in total. The highest BCUT2D eigenvalue weighted by Crippen LogP contribution is 2.59. The standard InChI is InChI=1S/C24H26N2O2/c1-16-14-18(23(27)28-2)21-24(19-10-6-7-11-20(19)25-21)12-13-26(22(16)24)15-17-8-4-3-5-9-17/h3-11,16,22,25H,12-15H2,1-2H3. The van der Waals surface area contributed by atoms with Crippen LogP contribution in [0.4, 0.5) is 5.69 Å². The summed E-state index contributed by atoms with van der Waals surface area (Å²) >= 11 is 0. The lowest BCUT2D eigenvalue weighted by atomic mass is 9.64. The minimum absolute atomic E-state index is 0.146. The fraction of sp³-hybridized carbons (Fsp3) is 0.375. The second kappa shape index (κ2) is 6.49. The number of benzene rings is 2. The van der Waals surface area contributed by atoms with E-state index in [1.54, 1.807) is 0 Å². The Morgan fingerprint density at radius 2 is 1.93 bits per heavy atom. The third-order valence-corrected chi connectivity index (χ3v) is 6.83. The van der Waals surface area contributed by atoms with Gasteiger partial charge in [0, 0.05) is 30.5 Å². The van der Waals surface area contributed by atoms with E-state index in [1.807, 2.05) is 0 Å². The molecule has 4 heteroatoms. The molecule has 0 saturated carbocycles. The Hall–Kier alpha value is -2.59. The predicted molar refractivity (Wildman–Crippen MR) is 110 cm³/mol. The van der Waals surface area contributed by atoms with E-state index >= 15 is 0 Å². The zero-order chi connectivity index (χ0) is 19.3. The summed E-state index contributed by atoms with van der Waals surface area (Å²) in [5.74, 6) is 0.179. The van der Waals surface area contributed by atoms with E-state index in [0.29, 0.717) is 12.0 Å². The summed E-state index contributed by atoms with van der Waals surface area (Å²) in [6, 6.07) is 19.6. The van der Waals surface area contributed by atoms with Crippen LogP contribution >= 0.6 is 0 Å². The van der Waals surface area contributed by atoms with Crippen molar-refractivity contribution in [2.75, 3.05) is 19.0 Å². The van der Waals surface area contributed by atoms with E-state index in [4.69, 9.17) is 4.74 Å². The second-order valence-corrected chi connectivity index (χ2v) is 8.32. The van der Waals surface area contributed by atoms with Crippen LogP contribution in [0.3, 0.4) is 0 Å². The Morgan fingerprint density at radius 3 is 2.71 bits per heavy atom. The number of nitrogens with zero attached hydrogens (tertiary/aromatic N) is 1. The predicted octanol–water partition coefficient (Wildman–Crippen LogP) is 4.09. The molecular formula is C24H26N2O2. The Balaban J connectivity index is 1.64. The van der Waals surface area contributed by atoms with Crippen LogP contribution in [0.1, 0.15) is 30.9 Å². The first-order chi connectivity index (χ1) is 13.6. The molecule has 1 saturated heterocycles. The van der Waals surface area contributed by atoms with Gasteiger partial charge < -0.3 is 10.1 Å². The number of hydrogen-bond acceptors (Lipinski definition) is 4. The van der Waals surface area contributed by atoms with E-state index in [0.717, 1.165) is 42.9 Å². The van der Waals surface area contributed by atoms with Crippen LogP contribution in [0, 0.1) is 5.92 Å². The van der Waals surface area contributed by atoms with Gasteiger partial charge in [-0.1, -0.05) is 55.5 Å². The highest BCUT2D eigenvalue weighted by Gasteiger charge is 2.60. The molecule has 28 heavy (non-hydrogen) atoms. The number of hydrogen-bond donors (Lipinski definition) is 1. The molecule has 2 aromatic carbocycles. The molecule has 1 spiro atoms. The number of carbonyl (C=O) groups excluding carboxylic acids is 1. The number of methoxy groups -OCH3 is 1. The van der Waals surface area contributed by atoms with Gasteiger partial charge in [-0.3, -0.25) is 4.90 Å². The summed E-state index contributed by atoms with van der Waals surface area (Å²) < 4.78 is 5.16. The molecule has 0 amide bonds. The van der Waals surface area contributed by atoms with Crippen molar-refractivity contribution < 1.29 is 9.53 Å². The number of likely N-dealkylation sites (tertiary alicyclic amines) is 1. The Bertz CT molecular complexity index is 952. The largest absolute Gasteiger partial charge is 0.466 e. The lowest BCUT2D eigenvalue weighted by Gasteiger charge is -2.44. The van der Waals surface area contributed by atoms with Crippen LogP contribution in [0.5, 0.6) is 0 Å². The zero-order valence-corrected chi connectivity index (χ0v) is 16.4. The van der Waals surface area contributed by atoms with Crippen molar-refractivity contribution in [3.63, 3.8) is 0 Å². The third-order valence-electron chi connectivity index (χ3n) is 6.83. The molecule has 5 rings (SSSR count). The van der Waals surface area contributed by atoms with Gasteiger partial charge >= 0.3 is 5.97 Å². The van der Waals surface area contributed by atoms with Crippen LogP contribution < -0.4 is 5.32 Å². The van der Waals surface area contributed by atoms with Gasteiger partial charge in [0.25, 0.3) is 0 Å². The number of nitrogens with one attached hydrogen (secondary N) is 1. The van der Waals surface area contributed by atoms with Gasteiger partial charge in [0.05, 0.1) is 18.1 Å². The van der Waals surface area contributed by atoms with E-state index in [-0.39, 0.29) is 11.4 Å². The number of esters is 1. The molecule has 2 aromatic rings. The number of para-hydroxylation sites is 1. The van der Waals surface area contributed by atoms with Gasteiger partial charge in [0.1, 0.15) is 0 Å². The molecule has 3 atom stereocenters. The molecule has 1 aliphatic carbocycles. The Labute approximate surface area is 166 Å². The van der Waals surface area contributed by atoms with Crippen molar-refractivity contribution in [3.05, 3.63) is 77.0 Å². The second-order valence-electron chi connectivity index (χ2n) is 8.32. The third kappa shape index (κ3) is 2.37. The Kier molecular flexibility index (Phi) is 4.06. The summed E-state index contributed by atoms with van der Waals surface area (Å²) in [6.45, 7) is 4.26. The number of carbonyl (C=O) groups is 1. The van der Waals surface area contributed by atoms with Crippen molar-refractivity contribution in [2.45, 2.75) is 37.8 Å². The molecule has 3 aliphatic rings. The molecule has 2 heterocycles. The maximum absolute atomic E-state index is 12.6. The number of anilines is 1. The maximum Gasteiger partial charge on any atom is 0.335 e. The van der Waals surface area contributed by atoms with E-state index in [2.05, 4.69) is 71.7 Å². The van der Waals surface area contributed by atoms with Crippen molar-refractivity contribution >= 4 is 11.7 Å². The fourth-order valence-electron chi connectivity index (χ4n) is 5.88. The SMILES string of the molecule is COC(=O)C1=C2Nc3ccccc3C23CCN(Cc2ccccc2)C3C(C)C1. The summed E-state index contributed by atoms with van der Waals surface area (Å²) in [5, 5.41) is 3.62. The smallest absolute Gasteiger partial charge is 0.335 e. The molecule has 0 aromatic heterocycles. The van der Waals surface area contributed by atoms with E-state index in [9.17, 15) is 4.79 Å². The number of fused-ring (bicyclic) bond motifs is 1. The summed E-state index contributed by atoms with van der Waals surface area (Å²) in [6.07, 6.45) is 1.77.